The first kappa shape index (κ1) is 13.6. The fourth-order valence-corrected chi connectivity index (χ4v) is 2.12. The van der Waals surface area contributed by atoms with Gasteiger partial charge in [0.15, 0.2) is 5.78 Å². The Bertz CT molecular complexity index is 397. The van der Waals surface area contributed by atoms with E-state index in [4.69, 9.17) is 5.73 Å². The van der Waals surface area contributed by atoms with E-state index in [0.29, 0.717) is 17.3 Å². The zero-order valence-corrected chi connectivity index (χ0v) is 11.2. The third-order valence-electron chi connectivity index (χ3n) is 3.31. The summed E-state index contributed by atoms with van der Waals surface area (Å²) < 4.78 is 0. The van der Waals surface area contributed by atoms with Crippen LogP contribution in [0.1, 0.15) is 44.0 Å². The van der Waals surface area contributed by atoms with Crippen molar-refractivity contribution in [3.63, 3.8) is 0 Å². The van der Waals surface area contributed by atoms with E-state index in [1.54, 1.807) is 6.92 Å². The number of nitrogens with two attached hydrogens (primary N) is 1. The summed E-state index contributed by atoms with van der Waals surface area (Å²) in [5.41, 5.74) is 8.01. The quantitative estimate of drug-likeness (QED) is 0.629. The molecular formula is C14H22N2O. The maximum atomic E-state index is 11.5. The summed E-state index contributed by atoms with van der Waals surface area (Å²) in [6.07, 6.45) is 2.18. The minimum atomic E-state index is 0.0160. The van der Waals surface area contributed by atoms with E-state index in [0.717, 1.165) is 18.5 Å². The van der Waals surface area contributed by atoms with Gasteiger partial charge in [-0.05, 0) is 38.0 Å². The van der Waals surface area contributed by atoms with Crippen LogP contribution in [0.5, 0.6) is 0 Å². The van der Waals surface area contributed by atoms with Crippen LogP contribution in [0.4, 0.5) is 11.4 Å². The highest BCUT2D eigenvalue weighted by atomic mass is 16.1. The van der Waals surface area contributed by atoms with Crippen molar-refractivity contribution in [2.75, 3.05) is 17.7 Å². The van der Waals surface area contributed by atoms with E-state index in [-0.39, 0.29) is 5.78 Å². The Balaban J connectivity index is 3.06. The van der Waals surface area contributed by atoms with Crippen molar-refractivity contribution in [3.8, 4) is 0 Å². The second-order valence-corrected chi connectivity index (χ2v) is 4.41. The molecule has 0 unspecified atom stereocenters. The molecule has 0 aromatic heterocycles. The van der Waals surface area contributed by atoms with E-state index in [9.17, 15) is 4.79 Å². The smallest absolute Gasteiger partial charge is 0.161 e. The van der Waals surface area contributed by atoms with E-state index in [1.807, 2.05) is 18.2 Å². The van der Waals surface area contributed by atoms with Crippen LogP contribution in [0.25, 0.3) is 0 Å². The molecule has 1 aromatic carbocycles. The van der Waals surface area contributed by atoms with E-state index in [2.05, 4.69) is 25.8 Å². The minimum Gasteiger partial charge on any atom is -0.398 e. The van der Waals surface area contributed by atoms with Gasteiger partial charge in [0, 0.05) is 30.0 Å². The third kappa shape index (κ3) is 2.99. The number of Topliss-reactive ketones (excluding diaryl/α,β-unsaturated/α-hetero) is 1. The Labute approximate surface area is 104 Å². The first-order valence-corrected chi connectivity index (χ1v) is 6.14. The number of hydrogen-bond donors (Lipinski definition) is 1. The number of anilines is 2. The Morgan fingerprint density at radius 2 is 1.94 bits per heavy atom. The molecule has 0 aliphatic heterocycles. The van der Waals surface area contributed by atoms with Gasteiger partial charge in [0.25, 0.3) is 0 Å². The zero-order chi connectivity index (χ0) is 13.0. The average Bonchev–Trinajstić information content (AvgIpc) is 2.30. The number of benzene rings is 1. The van der Waals surface area contributed by atoms with Crippen LogP contribution < -0.4 is 10.6 Å². The highest BCUT2D eigenvalue weighted by Crippen LogP contribution is 2.23. The van der Waals surface area contributed by atoms with Gasteiger partial charge in [0.1, 0.15) is 0 Å². The first-order valence-electron chi connectivity index (χ1n) is 6.14. The topological polar surface area (TPSA) is 46.3 Å². The average molecular weight is 234 g/mol. The van der Waals surface area contributed by atoms with Crippen molar-refractivity contribution in [2.24, 2.45) is 0 Å². The summed E-state index contributed by atoms with van der Waals surface area (Å²) in [4.78, 5) is 13.7. The zero-order valence-electron chi connectivity index (χ0n) is 11.2. The van der Waals surface area contributed by atoms with Gasteiger partial charge in [0.05, 0.1) is 0 Å². The molecule has 0 atom stereocenters. The van der Waals surface area contributed by atoms with Crippen LogP contribution in [-0.2, 0) is 0 Å². The first-order chi connectivity index (χ1) is 8.01. The SMILES string of the molecule is CCC(CC)N(C)c1ccc(N)c(C(C)=O)c1. The summed E-state index contributed by atoms with van der Waals surface area (Å²) in [6.45, 7) is 5.90. The Morgan fingerprint density at radius 1 is 1.35 bits per heavy atom. The molecule has 0 saturated carbocycles. The van der Waals surface area contributed by atoms with E-state index in [1.165, 1.54) is 0 Å². The summed E-state index contributed by atoms with van der Waals surface area (Å²) in [5, 5.41) is 0. The molecule has 3 heteroatoms. The van der Waals surface area contributed by atoms with Crippen LogP contribution in [-0.4, -0.2) is 18.9 Å². The van der Waals surface area contributed by atoms with Crippen molar-refractivity contribution in [1.82, 2.24) is 0 Å². The normalized spacial score (nSPS) is 10.6. The largest absolute Gasteiger partial charge is 0.398 e. The van der Waals surface area contributed by atoms with Gasteiger partial charge in [0.2, 0.25) is 0 Å². The number of nitrogens with zero attached hydrogens (tertiary/aromatic N) is 1. The molecule has 1 aromatic rings. The summed E-state index contributed by atoms with van der Waals surface area (Å²) in [6, 6.07) is 6.17. The number of nitrogen functional groups attached to an aromatic ring is 1. The van der Waals surface area contributed by atoms with Gasteiger partial charge in [-0.3, -0.25) is 4.79 Å². The predicted octanol–water partition coefficient (Wildman–Crippen LogP) is 3.10. The fraction of sp³-hybridized carbons (Fsp3) is 0.500. The van der Waals surface area contributed by atoms with Gasteiger partial charge in [-0.25, -0.2) is 0 Å². The molecular weight excluding hydrogens is 212 g/mol. The summed E-state index contributed by atoms with van der Waals surface area (Å²) in [7, 11) is 2.06. The molecule has 2 N–H and O–H groups in total. The van der Waals surface area contributed by atoms with Gasteiger partial charge in [-0.2, -0.15) is 0 Å². The Morgan fingerprint density at radius 3 is 2.41 bits per heavy atom. The third-order valence-corrected chi connectivity index (χ3v) is 3.31. The molecule has 0 aliphatic rings. The lowest BCUT2D eigenvalue weighted by Gasteiger charge is -2.28. The van der Waals surface area contributed by atoms with Crippen LogP contribution in [0.3, 0.4) is 0 Å². The van der Waals surface area contributed by atoms with Crippen molar-refractivity contribution in [3.05, 3.63) is 23.8 Å². The lowest BCUT2D eigenvalue weighted by molar-refractivity contribution is 0.101. The summed E-state index contributed by atoms with van der Waals surface area (Å²) in [5.74, 6) is 0.0160. The van der Waals surface area contributed by atoms with E-state index >= 15 is 0 Å². The van der Waals surface area contributed by atoms with Gasteiger partial charge in [-0.1, -0.05) is 13.8 Å². The molecule has 94 valence electrons. The maximum absolute atomic E-state index is 11.5. The van der Waals surface area contributed by atoms with Crippen LogP contribution in [0.2, 0.25) is 0 Å². The molecule has 0 radical (unpaired) electrons. The number of ketones is 1. The molecule has 0 saturated heterocycles. The number of carbonyl (C=O) groups is 1. The van der Waals surface area contributed by atoms with Crippen molar-refractivity contribution >= 4 is 17.2 Å². The predicted molar refractivity (Wildman–Crippen MR) is 73.6 cm³/mol. The number of hydrogen-bond acceptors (Lipinski definition) is 3. The molecule has 3 nitrogen and oxygen atoms in total. The van der Waals surface area contributed by atoms with E-state index < -0.39 is 0 Å². The molecule has 17 heavy (non-hydrogen) atoms. The Kier molecular flexibility index (Phi) is 4.55. The molecule has 1 rings (SSSR count). The van der Waals surface area contributed by atoms with Crippen molar-refractivity contribution in [1.29, 1.82) is 0 Å². The highest BCUT2D eigenvalue weighted by molar-refractivity contribution is 6.00. The van der Waals surface area contributed by atoms with Crippen LogP contribution in [0, 0.1) is 0 Å². The molecule has 0 aliphatic carbocycles. The Hall–Kier alpha value is -1.51. The van der Waals surface area contributed by atoms with Crippen molar-refractivity contribution < 1.29 is 4.79 Å². The number of rotatable bonds is 5. The van der Waals surface area contributed by atoms with Crippen LogP contribution >= 0.6 is 0 Å². The lowest BCUT2D eigenvalue weighted by Crippen LogP contribution is -2.30. The molecule has 0 heterocycles. The number of carbonyl (C=O) groups excluding carboxylic acids is 1. The minimum absolute atomic E-state index is 0.0160. The fourth-order valence-electron chi connectivity index (χ4n) is 2.12. The second-order valence-electron chi connectivity index (χ2n) is 4.41. The molecule has 0 amide bonds. The molecule has 0 bridgehead atoms. The maximum Gasteiger partial charge on any atom is 0.161 e. The van der Waals surface area contributed by atoms with Gasteiger partial charge < -0.3 is 10.6 Å². The molecule has 0 spiro atoms. The van der Waals surface area contributed by atoms with Crippen molar-refractivity contribution in [2.45, 2.75) is 39.7 Å². The monoisotopic (exact) mass is 234 g/mol. The standard InChI is InChI=1S/C14H22N2O/c1-5-11(6-2)16(4)12-7-8-14(15)13(9-12)10(3)17/h7-9,11H,5-6,15H2,1-4H3. The molecule has 0 fully saturated rings. The van der Waals surface area contributed by atoms with Gasteiger partial charge in [-0.15, -0.1) is 0 Å². The lowest BCUT2D eigenvalue weighted by atomic mass is 10.1. The van der Waals surface area contributed by atoms with Gasteiger partial charge >= 0.3 is 0 Å². The summed E-state index contributed by atoms with van der Waals surface area (Å²) >= 11 is 0. The highest BCUT2D eigenvalue weighted by Gasteiger charge is 2.13. The van der Waals surface area contributed by atoms with Crippen LogP contribution in [0.15, 0.2) is 18.2 Å². The second kappa shape index (κ2) is 5.71.